The minimum absolute atomic E-state index is 0.0411. The smallest absolute Gasteiger partial charge is 0.461 e. The Morgan fingerprint density at radius 3 is 1.13 bits per heavy atom. The van der Waals surface area contributed by atoms with Crippen molar-refractivity contribution < 1.29 is 108 Å². The maximum atomic E-state index is 15.1. The van der Waals surface area contributed by atoms with Gasteiger partial charge in [-0.05, 0) is 131 Å². The van der Waals surface area contributed by atoms with E-state index < -0.39 is 136 Å². The van der Waals surface area contributed by atoms with Crippen LogP contribution in [0.3, 0.4) is 0 Å². The Kier molecular flexibility index (Phi) is 20.7. The zero-order valence-electron chi connectivity index (χ0n) is 46.0. The van der Waals surface area contributed by atoms with Crippen molar-refractivity contribution in [2.75, 3.05) is 7.11 Å². The number of carbonyl (C=O) groups is 3. The van der Waals surface area contributed by atoms with Gasteiger partial charge in [0, 0.05) is 46.9 Å². The third-order valence-corrected chi connectivity index (χ3v) is 14.1. The number of Topliss-reactive ketones (excluding diaryl/α,β-unsaturated/α-hetero) is 2. The van der Waals surface area contributed by atoms with E-state index in [-0.39, 0.29) is 46.2 Å². The fraction of sp³-hybridized carbons (Fsp3) is 0.200. The summed E-state index contributed by atoms with van der Waals surface area (Å²) < 4.78 is 259. The monoisotopic (exact) mass is 1280 g/mol. The number of carbonyl (C=O) groups excluding carboxylic acids is 3. The SMILES string of the molecule is COC(=O)c1ccc([C@](CC(=O)c2ccc(F)c(C(F)(F)F)c2)(Cc2ccccc2)c2cc(F)cc(OC(F)(F)C(F)F)c2)cc1.N#Cc1ccc([C@](CC(=O)c2ccc(F)c(C(F)(F)F)c2)(Cc2ccccc2)c2cc(F)cc(OC(F)(F)C(F)F)c2)cc1. The van der Waals surface area contributed by atoms with Gasteiger partial charge in [0.25, 0.3) is 0 Å². The highest BCUT2D eigenvalue weighted by Gasteiger charge is 2.47. The topological polar surface area (TPSA) is 103 Å². The van der Waals surface area contributed by atoms with E-state index in [0.717, 1.165) is 43.5 Å². The summed E-state index contributed by atoms with van der Waals surface area (Å²) in [5.41, 5.74) is -7.08. The lowest BCUT2D eigenvalue weighted by molar-refractivity contribution is -0.253. The predicted molar refractivity (Wildman–Crippen MR) is 287 cm³/mol. The molecular formula is C65H43F18NO6. The normalized spacial score (nSPS) is 13.3. The van der Waals surface area contributed by atoms with Crippen LogP contribution < -0.4 is 9.47 Å². The lowest BCUT2D eigenvalue weighted by atomic mass is 9.66. The summed E-state index contributed by atoms with van der Waals surface area (Å²) in [6.45, 7) is 0. The van der Waals surface area contributed by atoms with Crippen molar-refractivity contribution in [3.8, 4) is 17.6 Å². The average Bonchev–Trinajstić information content (AvgIpc) is 0.770. The number of ketones is 2. The van der Waals surface area contributed by atoms with Gasteiger partial charge < -0.3 is 14.2 Å². The molecule has 0 N–H and O–H groups in total. The van der Waals surface area contributed by atoms with Crippen molar-refractivity contribution in [3.63, 3.8) is 0 Å². The number of hydrogen-bond acceptors (Lipinski definition) is 7. The van der Waals surface area contributed by atoms with Crippen LogP contribution in [0.4, 0.5) is 79.0 Å². The van der Waals surface area contributed by atoms with Gasteiger partial charge in [0.15, 0.2) is 11.6 Å². The first-order valence-corrected chi connectivity index (χ1v) is 26.1. The number of benzene rings is 8. The van der Waals surface area contributed by atoms with Crippen LogP contribution in [0.25, 0.3) is 0 Å². The van der Waals surface area contributed by atoms with Crippen LogP contribution in [-0.2, 0) is 40.8 Å². The second-order valence-corrected chi connectivity index (χ2v) is 20.1. The molecule has 0 unspecified atom stereocenters. The van der Waals surface area contributed by atoms with Crippen molar-refractivity contribution in [1.29, 1.82) is 5.26 Å². The molecule has 8 rings (SSSR count). The van der Waals surface area contributed by atoms with Gasteiger partial charge in [0.05, 0.1) is 35.4 Å². The molecule has 0 radical (unpaired) electrons. The van der Waals surface area contributed by atoms with Crippen LogP contribution >= 0.6 is 0 Å². The molecule has 0 saturated carbocycles. The minimum Gasteiger partial charge on any atom is -0.465 e. The Hall–Kier alpha value is -9.60. The van der Waals surface area contributed by atoms with Crippen molar-refractivity contribution in [2.24, 2.45) is 0 Å². The minimum atomic E-state index is -5.16. The van der Waals surface area contributed by atoms with E-state index in [2.05, 4.69) is 9.47 Å². The lowest BCUT2D eigenvalue weighted by Crippen LogP contribution is -2.35. The largest absolute Gasteiger partial charge is 0.465 e. The molecule has 0 saturated heterocycles. The number of nitrogens with zero attached hydrogens (tertiary/aromatic N) is 1. The quantitative estimate of drug-likeness (QED) is 0.0401. The number of rotatable bonds is 21. The first-order valence-electron chi connectivity index (χ1n) is 26.1. The van der Waals surface area contributed by atoms with E-state index in [0.29, 0.717) is 47.5 Å². The Balaban J connectivity index is 0.000000256. The fourth-order valence-electron chi connectivity index (χ4n) is 9.85. The predicted octanol–water partition coefficient (Wildman–Crippen LogP) is 17.7. The molecule has 470 valence electrons. The Bertz CT molecular complexity index is 3890. The van der Waals surface area contributed by atoms with Crippen molar-refractivity contribution in [2.45, 2.75) is 73.9 Å². The number of methoxy groups -OCH3 is 1. The van der Waals surface area contributed by atoms with Gasteiger partial charge in [-0.1, -0.05) is 84.9 Å². The summed E-state index contributed by atoms with van der Waals surface area (Å²) in [6.07, 6.45) is -30.8. The third kappa shape index (κ3) is 16.2. The van der Waals surface area contributed by atoms with Crippen LogP contribution in [-0.4, -0.2) is 49.7 Å². The third-order valence-electron chi connectivity index (χ3n) is 14.1. The molecule has 0 aliphatic heterocycles. The molecule has 8 aromatic rings. The first kappa shape index (κ1) is 67.9. The van der Waals surface area contributed by atoms with E-state index in [1.165, 1.54) is 48.5 Å². The van der Waals surface area contributed by atoms with Gasteiger partial charge in [-0.15, -0.1) is 0 Å². The second kappa shape index (κ2) is 27.4. The van der Waals surface area contributed by atoms with Crippen LogP contribution in [0, 0.1) is 34.6 Å². The van der Waals surface area contributed by atoms with Gasteiger partial charge in [0.2, 0.25) is 0 Å². The molecule has 0 bridgehead atoms. The molecule has 25 heteroatoms. The maximum Gasteiger partial charge on any atom is 0.461 e. The molecule has 0 aliphatic rings. The summed E-state index contributed by atoms with van der Waals surface area (Å²) >= 11 is 0. The molecule has 0 fully saturated rings. The number of ether oxygens (including phenoxy) is 3. The fourth-order valence-corrected chi connectivity index (χ4v) is 9.85. The van der Waals surface area contributed by atoms with Gasteiger partial charge >= 0.3 is 43.4 Å². The Morgan fingerprint density at radius 1 is 0.444 bits per heavy atom. The highest BCUT2D eigenvalue weighted by atomic mass is 19.4. The van der Waals surface area contributed by atoms with Crippen LogP contribution in [0.15, 0.2) is 182 Å². The molecule has 2 atom stereocenters. The Labute approximate surface area is 499 Å². The number of halogens is 18. The maximum absolute atomic E-state index is 15.1. The van der Waals surface area contributed by atoms with Gasteiger partial charge in [-0.2, -0.15) is 66.7 Å². The van der Waals surface area contributed by atoms with Crippen LogP contribution in [0.1, 0.15) is 94.0 Å². The van der Waals surface area contributed by atoms with Gasteiger partial charge in [-0.25, -0.2) is 22.4 Å². The number of nitriles is 1. The van der Waals surface area contributed by atoms with Gasteiger partial charge in [-0.3, -0.25) is 9.59 Å². The molecule has 8 aromatic carbocycles. The molecule has 0 amide bonds. The summed E-state index contributed by atoms with van der Waals surface area (Å²) in [4.78, 5) is 39.6. The van der Waals surface area contributed by atoms with E-state index >= 15 is 4.39 Å². The van der Waals surface area contributed by atoms with E-state index in [1.807, 2.05) is 6.07 Å². The van der Waals surface area contributed by atoms with Crippen molar-refractivity contribution in [1.82, 2.24) is 0 Å². The van der Waals surface area contributed by atoms with E-state index in [9.17, 15) is 94.3 Å². The highest BCUT2D eigenvalue weighted by Crippen LogP contribution is 2.46. The van der Waals surface area contributed by atoms with Crippen molar-refractivity contribution in [3.05, 3.63) is 272 Å². The summed E-state index contributed by atoms with van der Waals surface area (Å²) in [5.74, 6) is -10.4. The van der Waals surface area contributed by atoms with Crippen molar-refractivity contribution >= 4 is 17.5 Å². The Morgan fingerprint density at radius 2 is 0.800 bits per heavy atom. The molecule has 0 aromatic heterocycles. The second-order valence-electron chi connectivity index (χ2n) is 20.1. The van der Waals surface area contributed by atoms with E-state index in [4.69, 9.17) is 4.74 Å². The molecule has 0 heterocycles. The van der Waals surface area contributed by atoms with Crippen LogP contribution in [0.2, 0.25) is 0 Å². The number of hydrogen-bond donors (Lipinski definition) is 0. The zero-order chi connectivity index (χ0) is 66.1. The van der Waals surface area contributed by atoms with E-state index in [1.54, 1.807) is 60.7 Å². The highest BCUT2D eigenvalue weighted by molar-refractivity contribution is 5.98. The molecule has 0 spiro atoms. The number of alkyl halides is 14. The summed E-state index contributed by atoms with van der Waals surface area (Å²) in [5, 5.41) is 9.29. The molecule has 7 nitrogen and oxygen atoms in total. The first-order chi connectivity index (χ1) is 42.2. The molecule has 0 aliphatic carbocycles. The summed E-state index contributed by atoms with van der Waals surface area (Å²) in [7, 11) is 1.12. The lowest BCUT2D eigenvalue weighted by Gasteiger charge is -2.36. The molecule has 90 heavy (non-hydrogen) atoms. The van der Waals surface area contributed by atoms with Crippen LogP contribution in [0.5, 0.6) is 11.5 Å². The number of esters is 1. The zero-order valence-corrected chi connectivity index (χ0v) is 46.0. The summed E-state index contributed by atoms with van der Waals surface area (Å²) in [6, 6.07) is 36.3. The average molecular weight is 1280 g/mol. The standard InChI is InChI=1S/C33H23F9O4.C32H20F9NO2/c1-45-29(44)20-7-10-22(11-8-20)31(17-19-5-3-2-4-6-19,18-28(43)21-9-12-27(35)26(13-21)32(38,39)40)23-14-24(34)16-25(15-23)46-33(41,42)30(36)37;33-24-13-23(14-25(15-24)44-32(40,41)29(35)36)30(16-19-4-2-1-3-5-19,22-9-6-20(18-42)7-10-22)17-28(43)21-8-11-27(34)26(12-21)31(37,38)39/h2-16,30H,17-18H2,1H3;1-15,29H,16-17H2/t31-;30-/m11/s1. The van der Waals surface area contributed by atoms with Gasteiger partial charge in [0.1, 0.15) is 34.8 Å². The molecular weight excluding hydrogens is 1230 g/mol.